The third-order valence-electron chi connectivity index (χ3n) is 6.92. The lowest BCUT2D eigenvalue weighted by Gasteiger charge is -2.46. The maximum absolute atomic E-state index is 13.8. The topological polar surface area (TPSA) is 46.2 Å². The van der Waals surface area contributed by atoms with Gasteiger partial charge in [-0.3, -0.25) is 9.59 Å². The van der Waals surface area contributed by atoms with Gasteiger partial charge in [-0.05, 0) is 36.6 Å². The standard InChI is InChI=1S/C27H25NO2/c1-17-7-11-19(12-8-17)23-15-21(29)16-24(20-13-9-18(2)10-14-20)27(23)22-5-3-4-6-25(22)28-26(27)30/h3-14,23-24H,15-16H2,1-2H3,(H,28,30)/t23-,24-/m0/s1. The minimum Gasteiger partial charge on any atom is -0.325 e. The van der Waals surface area contributed by atoms with Gasteiger partial charge in [0.05, 0.1) is 5.41 Å². The van der Waals surface area contributed by atoms with Crippen molar-refractivity contribution in [1.82, 2.24) is 0 Å². The molecule has 0 radical (unpaired) electrons. The van der Waals surface area contributed by atoms with Crippen molar-refractivity contribution in [2.24, 2.45) is 0 Å². The van der Waals surface area contributed by atoms with Gasteiger partial charge in [-0.15, -0.1) is 0 Å². The molecule has 0 aromatic heterocycles. The van der Waals surface area contributed by atoms with Crippen molar-refractivity contribution in [2.45, 2.75) is 43.9 Å². The summed E-state index contributed by atoms with van der Waals surface area (Å²) < 4.78 is 0. The molecule has 0 unspecified atom stereocenters. The summed E-state index contributed by atoms with van der Waals surface area (Å²) in [6.07, 6.45) is 0.764. The fourth-order valence-corrected chi connectivity index (χ4v) is 5.46. The summed E-state index contributed by atoms with van der Waals surface area (Å²) >= 11 is 0. The second-order valence-corrected chi connectivity index (χ2v) is 8.74. The van der Waals surface area contributed by atoms with Gasteiger partial charge in [-0.25, -0.2) is 0 Å². The Hall–Kier alpha value is -3.20. The molecule has 2 aliphatic rings. The summed E-state index contributed by atoms with van der Waals surface area (Å²) in [6, 6.07) is 24.6. The molecular weight excluding hydrogens is 370 g/mol. The van der Waals surface area contributed by atoms with Crippen LogP contribution in [0.3, 0.4) is 0 Å². The lowest BCUT2D eigenvalue weighted by molar-refractivity contribution is -0.128. The molecule has 3 aromatic carbocycles. The summed E-state index contributed by atoms with van der Waals surface area (Å²) in [5, 5.41) is 3.14. The quantitative estimate of drug-likeness (QED) is 0.629. The Labute approximate surface area is 177 Å². The zero-order valence-electron chi connectivity index (χ0n) is 17.3. The highest BCUT2D eigenvalue weighted by Gasteiger charge is 2.60. The predicted octanol–water partition coefficient (Wildman–Crippen LogP) is 5.42. The number of hydrogen-bond acceptors (Lipinski definition) is 2. The molecule has 1 aliphatic heterocycles. The van der Waals surface area contributed by atoms with Gasteiger partial charge in [-0.2, -0.15) is 0 Å². The predicted molar refractivity (Wildman–Crippen MR) is 119 cm³/mol. The van der Waals surface area contributed by atoms with Crippen LogP contribution in [0.4, 0.5) is 5.69 Å². The van der Waals surface area contributed by atoms with Crippen LogP contribution in [-0.4, -0.2) is 11.7 Å². The van der Waals surface area contributed by atoms with Gasteiger partial charge in [0.2, 0.25) is 5.91 Å². The Balaban J connectivity index is 1.78. The number of benzene rings is 3. The van der Waals surface area contributed by atoms with E-state index in [1.165, 1.54) is 11.1 Å². The number of anilines is 1. The Morgan fingerprint density at radius 1 is 0.733 bits per heavy atom. The molecule has 1 fully saturated rings. The molecule has 0 bridgehead atoms. The van der Waals surface area contributed by atoms with Crippen LogP contribution in [0, 0.1) is 13.8 Å². The number of carbonyl (C=O) groups is 2. The number of para-hydroxylation sites is 1. The molecule has 0 saturated heterocycles. The maximum Gasteiger partial charge on any atom is 0.236 e. The first kappa shape index (κ1) is 18.8. The van der Waals surface area contributed by atoms with Crippen molar-refractivity contribution in [2.75, 3.05) is 5.32 Å². The molecule has 2 atom stereocenters. The Morgan fingerprint density at radius 3 is 1.77 bits per heavy atom. The fourth-order valence-electron chi connectivity index (χ4n) is 5.46. The molecule has 3 nitrogen and oxygen atoms in total. The summed E-state index contributed by atoms with van der Waals surface area (Å²) in [5.74, 6) is -0.176. The minimum absolute atomic E-state index is 0.00681. The van der Waals surface area contributed by atoms with Gasteiger partial charge >= 0.3 is 0 Å². The fraction of sp³-hybridized carbons (Fsp3) is 0.259. The second-order valence-electron chi connectivity index (χ2n) is 8.74. The van der Waals surface area contributed by atoms with E-state index in [4.69, 9.17) is 0 Å². The maximum atomic E-state index is 13.8. The summed E-state index contributed by atoms with van der Waals surface area (Å²) in [6.45, 7) is 4.11. The van der Waals surface area contributed by atoms with E-state index in [9.17, 15) is 9.59 Å². The number of hydrogen-bond donors (Lipinski definition) is 1. The SMILES string of the molecule is Cc1ccc([C@@H]2CC(=O)C[C@@H](c3ccc(C)cc3)C23C(=O)Nc2ccccc23)cc1. The van der Waals surface area contributed by atoms with E-state index >= 15 is 0 Å². The summed E-state index contributed by atoms with van der Waals surface area (Å²) in [5.41, 5.74) is 5.53. The normalized spacial score (nSPS) is 22.1. The Bertz CT molecular complexity index is 1070. The lowest BCUT2D eigenvalue weighted by atomic mass is 9.54. The number of rotatable bonds is 2. The van der Waals surface area contributed by atoms with E-state index in [1.807, 2.05) is 18.2 Å². The molecule has 3 heteroatoms. The van der Waals surface area contributed by atoms with Crippen LogP contribution in [0.15, 0.2) is 72.8 Å². The number of aryl methyl sites for hydroxylation is 2. The van der Waals surface area contributed by atoms with E-state index in [1.54, 1.807) is 0 Å². The van der Waals surface area contributed by atoms with E-state index < -0.39 is 5.41 Å². The average molecular weight is 396 g/mol. The molecule has 1 N–H and O–H groups in total. The number of carbonyl (C=O) groups excluding carboxylic acids is 2. The minimum atomic E-state index is -0.797. The largest absolute Gasteiger partial charge is 0.325 e. The Morgan fingerprint density at radius 2 is 1.23 bits per heavy atom. The molecule has 1 saturated carbocycles. The molecular formula is C27H25NO2. The number of ketones is 1. The molecule has 1 amide bonds. The van der Waals surface area contributed by atoms with Crippen LogP contribution in [0.1, 0.15) is 52.5 Å². The highest BCUT2D eigenvalue weighted by molar-refractivity contribution is 6.09. The highest BCUT2D eigenvalue weighted by Crippen LogP contribution is 2.59. The van der Waals surface area contributed by atoms with Gasteiger partial charge in [0, 0.05) is 30.4 Å². The van der Waals surface area contributed by atoms with Crippen molar-refractivity contribution in [3.05, 3.63) is 101 Å². The van der Waals surface area contributed by atoms with Crippen LogP contribution < -0.4 is 5.32 Å². The first-order chi connectivity index (χ1) is 14.5. The molecule has 1 heterocycles. The van der Waals surface area contributed by atoms with E-state index in [0.717, 1.165) is 22.4 Å². The van der Waals surface area contributed by atoms with Crippen molar-refractivity contribution in [1.29, 1.82) is 0 Å². The van der Waals surface area contributed by atoms with Gasteiger partial charge in [0.15, 0.2) is 0 Å². The monoisotopic (exact) mass is 395 g/mol. The number of nitrogens with one attached hydrogen (secondary N) is 1. The van der Waals surface area contributed by atoms with Crippen molar-refractivity contribution in [3.8, 4) is 0 Å². The van der Waals surface area contributed by atoms with Crippen LogP contribution >= 0.6 is 0 Å². The second kappa shape index (κ2) is 6.94. The molecule has 1 aliphatic carbocycles. The molecule has 30 heavy (non-hydrogen) atoms. The van der Waals surface area contributed by atoms with Crippen LogP contribution in [0.25, 0.3) is 0 Å². The van der Waals surface area contributed by atoms with Crippen LogP contribution in [0.5, 0.6) is 0 Å². The first-order valence-corrected chi connectivity index (χ1v) is 10.6. The van der Waals surface area contributed by atoms with Gasteiger partial charge in [0.25, 0.3) is 0 Å². The van der Waals surface area contributed by atoms with Crippen molar-refractivity contribution >= 4 is 17.4 Å². The number of amides is 1. The van der Waals surface area contributed by atoms with Gasteiger partial charge < -0.3 is 5.32 Å². The highest BCUT2D eigenvalue weighted by atomic mass is 16.2. The number of fused-ring (bicyclic) bond motifs is 2. The third kappa shape index (κ3) is 2.72. The Kier molecular flexibility index (Phi) is 4.35. The molecule has 5 rings (SSSR count). The zero-order valence-corrected chi connectivity index (χ0v) is 17.3. The molecule has 3 aromatic rings. The third-order valence-corrected chi connectivity index (χ3v) is 6.92. The van der Waals surface area contributed by atoms with Crippen LogP contribution in [0.2, 0.25) is 0 Å². The van der Waals surface area contributed by atoms with Crippen molar-refractivity contribution in [3.63, 3.8) is 0 Å². The smallest absolute Gasteiger partial charge is 0.236 e. The van der Waals surface area contributed by atoms with Gasteiger partial charge in [-0.1, -0.05) is 77.9 Å². The average Bonchev–Trinajstić information content (AvgIpc) is 3.03. The summed E-state index contributed by atoms with van der Waals surface area (Å²) in [4.78, 5) is 26.8. The zero-order chi connectivity index (χ0) is 20.9. The molecule has 150 valence electrons. The number of Topliss-reactive ketones (excluding diaryl/α,β-unsaturated/α-hetero) is 1. The summed E-state index contributed by atoms with van der Waals surface area (Å²) in [7, 11) is 0. The molecule has 1 spiro atoms. The first-order valence-electron chi connectivity index (χ1n) is 10.6. The van der Waals surface area contributed by atoms with E-state index in [0.29, 0.717) is 12.8 Å². The van der Waals surface area contributed by atoms with Crippen LogP contribution in [-0.2, 0) is 15.0 Å². The lowest BCUT2D eigenvalue weighted by Crippen LogP contribution is -2.50. The van der Waals surface area contributed by atoms with E-state index in [2.05, 4.69) is 73.8 Å². The van der Waals surface area contributed by atoms with E-state index in [-0.39, 0.29) is 23.5 Å². The van der Waals surface area contributed by atoms with Gasteiger partial charge in [0.1, 0.15) is 5.78 Å². The van der Waals surface area contributed by atoms with Crippen molar-refractivity contribution < 1.29 is 9.59 Å².